The summed E-state index contributed by atoms with van der Waals surface area (Å²) in [6.45, 7) is 0. The number of carbonyl (C=O) groups excluding carboxylic acids is 1. The fourth-order valence-electron chi connectivity index (χ4n) is 2.54. The van der Waals surface area contributed by atoms with E-state index in [4.69, 9.17) is 9.47 Å². The number of hydrogen-bond acceptors (Lipinski definition) is 5. The van der Waals surface area contributed by atoms with E-state index in [1.54, 1.807) is 24.3 Å². The SMILES string of the molecule is O=C1C[C@H]2OC([C@H](O)c3ccccc3)[C@H](O)[C@H]2O1. The number of aliphatic hydroxyl groups is 2. The van der Waals surface area contributed by atoms with Crippen molar-refractivity contribution in [1.29, 1.82) is 0 Å². The largest absolute Gasteiger partial charge is 0.457 e. The Balaban J connectivity index is 1.77. The highest BCUT2D eigenvalue weighted by Crippen LogP contribution is 2.36. The van der Waals surface area contributed by atoms with Gasteiger partial charge in [0.2, 0.25) is 0 Å². The molecule has 18 heavy (non-hydrogen) atoms. The van der Waals surface area contributed by atoms with E-state index in [0.717, 1.165) is 0 Å². The second kappa shape index (κ2) is 4.35. The van der Waals surface area contributed by atoms with Gasteiger partial charge in [0.25, 0.3) is 0 Å². The fraction of sp³-hybridized carbons (Fsp3) is 0.462. The van der Waals surface area contributed by atoms with E-state index in [2.05, 4.69) is 0 Å². The molecule has 1 aromatic carbocycles. The van der Waals surface area contributed by atoms with Crippen molar-refractivity contribution >= 4 is 5.97 Å². The van der Waals surface area contributed by atoms with Crippen LogP contribution in [-0.2, 0) is 14.3 Å². The maximum atomic E-state index is 11.1. The Kier molecular flexibility index (Phi) is 2.81. The molecule has 96 valence electrons. The number of hydrogen-bond donors (Lipinski definition) is 2. The second-order valence-corrected chi connectivity index (χ2v) is 4.64. The Morgan fingerprint density at radius 2 is 2.00 bits per heavy atom. The summed E-state index contributed by atoms with van der Waals surface area (Å²) in [5.74, 6) is -0.364. The maximum Gasteiger partial charge on any atom is 0.309 e. The van der Waals surface area contributed by atoms with E-state index in [1.807, 2.05) is 6.07 Å². The molecule has 0 radical (unpaired) electrons. The molecule has 5 heteroatoms. The number of rotatable bonds is 2. The molecule has 2 heterocycles. The molecule has 3 rings (SSSR count). The summed E-state index contributed by atoms with van der Waals surface area (Å²) in [6.07, 6.45) is -3.63. The van der Waals surface area contributed by atoms with Crippen LogP contribution < -0.4 is 0 Å². The highest BCUT2D eigenvalue weighted by atomic mass is 16.6. The average Bonchev–Trinajstić information content (AvgIpc) is 2.88. The van der Waals surface area contributed by atoms with Gasteiger partial charge in [0, 0.05) is 0 Å². The van der Waals surface area contributed by atoms with E-state index in [9.17, 15) is 15.0 Å². The van der Waals surface area contributed by atoms with Crippen LogP contribution in [0.3, 0.4) is 0 Å². The monoisotopic (exact) mass is 250 g/mol. The quantitative estimate of drug-likeness (QED) is 0.731. The molecule has 0 amide bonds. The van der Waals surface area contributed by atoms with Crippen LogP contribution in [0.4, 0.5) is 0 Å². The molecule has 2 aliphatic heterocycles. The number of carbonyl (C=O) groups is 1. The molecular weight excluding hydrogens is 236 g/mol. The third-order valence-electron chi connectivity index (χ3n) is 3.46. The molecule has 2 N–H and O–H groups in total. The molecule has 2 aliphatic rings. The van der Waals surface area contributed by atoms with Gasteiger partial charge in [-0.2, -0.15) is 0 Å². The first-order valence-electron chi connectivity index (χ1n) is 5.93. The van der Waals surface area contributed by atoms with Crippen LogP contribution >= 0.6 is 0 Å². The lowest BCUT2D eigenvalue weighted by molar-refractivity contribution is -0.147. The lowest BCUT2D eigenvalue weighted by Crippen LogP contribution is -2.35. The highest BCUT2D eigenvalue weighted by molar-refractivity contribution is 5.73. The molecule has 5 atom stereocenters. The summed E-state index contributed by atoms with van der Waals surface area (Å²) in [6, 6.07) is 8.99. The summed E-state index contributed by atoms with van der Waals surface area (Å²) in [4.78, 5) is 11.1. The minimum atomic E-state index is -0.989. The van der Waals surface area contributed by atoms with Crippen molar-refractivity contribution in [2.45, 2.75) is 36.9 Å². The van der Waals surface area contributed by atoms with Gasteiger partial charge in [-0.15, -0.1) is 0 Å². The third kappa shape index (κ3) is 1.80. The van der Waals surface area contributed by atoms with E-state index < -0.39 is 30.5 Å². The summed E-state index contributed by atoms with van der Waals surface area (Å²) >= 11 is 0. The zero-order chi connectivity index (χ0) is 12.7. The zero-order valence-corrected chi connectivity index (χ0v) is 9.60. The van der Waals surface area contributed by atoms with E-state index in [1.165, 1.54) is 0 Å². The summed E-state index contributed by atoms with van der Waals surface area (Å²) in [5, 5.41) is 20.2. The lowest BCUT2D eigenvalue weighted by atomic mass is 9.99. The normalized spacial score (nSPS) is 36.2. The number of fused-ring (bicyclic) bond motifs is 1. The van der Waals surface area contributed by atoms with Gasteiger partial charge in [-0.05, 0) is 5.56 Å². The van der Waals surface area contributed by atoms with Crippen LogP contribution in [0, 0.1) is 0 Å². The van der Waals surface area contributed by atoms with Gasteiger partial charge in [-0.25, -0.2) is 0 Å². The van der Waals surface area contributed by atoms with Gasteiger partial charge in [-0.3, -0.25) is 4.79 Å². The Labute approximate surface area is 104 Å². The molecule has 0 aliphatic carbocycles. The Hall–Kier alpha value is -1.43. The Morgan fingerprint density at radius 1 is 1.28 bits per heavy atom. The third-order valence-corrected chi connectivity index (χ3v) is 3.46. The number of ether oxygens (including phenoxy) is 2. The molecule has 0 aromatic heterocycles. The van der Waals surface area contributed by atoms with Gasteiger partial charge < -0.3 is 19.7 Å². The van der Waals surface area contributed by atoms with Crippen LogP contribution in [0.1, 0.15) is 18.1 Å². The lowest BCUT2D eigenvalue weighted by Gasteiger charge is -2.22. The first-order valence-corrected chi connectivity index (χ1v) is 5.93. The topological polar surface area (TPSA) is 76.0 Å². The van der Waals surface area contributed by atoms with Crippen LogP contribution in [0.25, 0.3) is 0 Å². The molecule has 1 unspecified atom stereocenters. The van der Waals surface area contributed by atoms with Crippen molar-refractivity contribution in [2.75, 3.05) is 0 Å². The van der Waals surface area contributed by atoms with Crippen molar-refractivity contribution in [3.8, 4) is 0 Å². The van der Waals surface area contributed by atoms with Gasteiger partial charge >= 0.3 is 5.97 Å². The van der Waals surface area contributed by atoms with Crippen molar-refractivity contribution < 1.29 is 24.5 Å². The minimum absolute atomic E-state index is 0.139. The molecule has 0 spiro atoms. The van der Waals surface area contributed by atoms with E-state index in [0.29, 0.717) is 5.56 Å². The first-order chi connectivity index (χ1) is 8.66. The fourth-order valence-corrected chi connectivity index (χ4v) is 2.54. The van der Waals surface area contributed by atoms with E-state index in [-0.39, 0.29) is 12.4 Å². The second-order valence-electron chi connectivity index (χ2n) is 4.64. The Bertz CT molecular complexity index is 446. The van der Waals surface area contributed by atoms with Crippen LogP contribution in [0.15, 0.2) is 30.3 Å². The maximum absolute atomic E-state index is 11.1. The summed E-state index contributed by atoms with van der Waals surface area (Å²) in [5.41, 5.74) is 0.674. The number of esters is 1. The van der Waals surface area contributed by atoms with E-state index >= 15 is 0 Å². The first kappa shape index (κ1) is 11.6. The molecule has 2 fully saturated rings. The predicted molar refractivity (Wildman–Crippen MR) is 60.6 cm³/mol. The van der Waals surface area contributed by atoms with Gasteiger partial charge in [-0.1, -0.05) is 30.3 Å². The highest BCUT2D eigenvalue weighted by Gasteiger charge is 2.53. The molecular formula is C13H14O5. The smallest absolute Gasteiger partial charge is 0.309 e. The van der Waals surface area contributed by atoms with Crippen molar-refractivity contribution in [3.63, 3.8) is 0 Å². The summed E-state index contributed by atoms with van der Waals surface area (Å²) < 4.78 is 10.5. The molecule has 2 saturated heterocycles. The molecule has 5 nitrogen and oxygen atoms in total. The molecule has 0 saturated carbocycles. The van der Waals surface area contributed by atoms with Gasteiger partial charge in [0.05, 0.1) is 6.42 Å². The number of aliphatic hydroxyl groups excluding tert-OH is 2. The van der Waals surface area contributed by atoms with Gasteiger partial charge in [0.15, 0.2) is 6.10 Å². The summed E-state index contributed by atoms with van der Waals surface area (Å²) in [7, 11) is 0. The zero-order valence-electron chi connectivity index (χ0n) is 9.60. The van der Waals surface area contributed by atoms with Crippen molar-refractivity contribution in [2.24, 2.45) is 0 Å². The molecule has 0 bridgehead atoms. The van der Waals surface area contributed by atoms with Crippen molar-refractivity contribution in [3.05, 3.63) is 35.9 Å². The van der Waals surface area contributed by atoms with Crippen LogP contribution in [-0.4, -0.2) is 40.6 Å². The number of benzene rings is 1. The standard InChI is InChI=1S/C13H14O5/c14-9-6-8-12(18-9)11(16)13(17-8)10(15)7-4-2-1-3-5-7/h1-5,8,10-13,15-16H,6H2/t8-,10-,11-,12+,13?/m1/s1. The Morgan fingerprint density at radius 3 is 2.67 bits per heavy atom. The van der Waals surface area contributed by atoms with Crippen molar-refractivity contribution in [1.82, 2.24) is 0 Å². The van der Waals surface area contributed by atoms with Gasteiger partial charge in [0.1, 0.15) is 24.4 Å². The average molecular weight is 250 g/mol. The minimum Gasteiger partial charge on any atom is -0.457 e. The molecule has 1 aromatic rings. The van der Waals surface area contributed by atoms with Crippen LogP contribution in [0.2, 0.25) is 0 Å². The van der Waals surface area contributed by atoms with Crippen LogP contribution in [0.5, 0.6) is 0 Å². The predicted octanol–water partition coefficient (Wildman–Crippen LogP) is 0.164.